The Bertz CT molecular complexity index is 917. The van der Waals surface area contributed by atoms with Crippen LogP contribution >= 0.6 is 12.4 Å². The highest BCUT2D eigenvalue weighted by Crippen LogP contribution is 2.22. The molecule has 2 aromatic carbocycles. The number of nitrogens with one attached hydrogen (secondary N) is 1. The zero-order chi connectivity index (χ0) is 19.4. The molecule has 1 unspecified atom stereocenters. The van der Waals surface area contributed by atoms with Crippen molar-refractivity contribution in [1.29, 1.82) is 0 Å². The predicted octanol–water partition coefficient (Wildman–Crippen LogP) is 3.17. The Hall–Kier alpha value is -2.09. The summed E-state index contributed by atoms with van der Waals surface area (Å²) in [4.78, 5) is 14.7. The minimum absolute atomic E-state index is 0. The van der Waals surface area contributed by atoms with Crippen LogP contribution in [0.5, 0.6) is 0 Å². The largest absolute Gasteiger partial charge is 0.334 e. The molecule has 28 heavy (non-hydrogen) atoms. The lowest BCUT2D eigenvalue weighted by atomic mass is 10.0. The van der Waals surface area contributed by atoms with Crippen LogP contribution in [-0.2, 0) is 10.0 Å². The normalized spacial score (nSPS) is 16.9. The van der Waals surface area contributed by atoms with Crippen molar-refractivity contribution in [1.82, 2.24) is 4.90 Å². The van der Waals surface area contributed by atoms with E-state index in [9.17, 15) is 13.2 Å². The second-order valence-electron chi connectivity index (χ2n) is 6.88. The van der Waals surface area contributed by atoms with E-state index in [1.807, 2.05) is 19.1 Å². The minimum Gasteiger partial charge on any atom is -0.334 e. The van der Waals surface area contributed by atoms with Crippen molar-refractivity contribution in [3.05, 3.63) is 59.7 Å². The molecular formula is C20H26ClN3O3S. The SMILES string of the molecule is Cc1ccc(NS(=O)(=O)c2cccc(C(=O)N3CCCCC3CN)c2)cc1.Cl. The summed E-state index contributed by atoms with van der Waals surface area (Å²) in [7, 11) is -3.78. The first-order chi connectivity index (χ1) is 12.9. The highest BCUT2D eigenvalue weighted by molar-refractivity contribution is 7.92. The molecule has 3 rings (SSSR count). The van der Waals surface area contributed by atoms with Crippen LogP contribution in [0.4, 0.5) is 5.69 Å². The molecule has 1 heterocycles. The average molecular weight is 424 g/mol. The Labute approximate surface area is 172 Å². The van der Waals surface area contributed by atoms with E-state index in [0.717, 1.165) is 24.8 Å². The second kappa shape index (κ2) is 9.41. The summed E-state index contributed by atoms with van der Waals surface area (Å²) in [6.45, 7) is 3.00. The Morgan fingerprint density at radius 1 is 1.18 bits per heavy atom. The lowest BCUT2D eigenvalue weighted by Gasteiger charge is -2.35. The number of rotatable bonds is 5. The molecule has 2 aromatic rings. The number of likely N-dealkylation sites (tertiary alicyclic amines) is 1. The molecule has 8 heteroatoms. The highest BCUT2D eigenvalue weighted by atomic mass is 35.5. The summed E-state index contributed by atoms with van der Waals surface area (Å²) in [5.74, 6) is -0.169. The Morgan fingerprint density at radius 3 is 2.57 bits per heavy atom. The van der Waals surface area contributed by atoms with Gasteiger partial charge in [0.2, 0.25) is 0 Å². The predicted molar refractivity (Wildman–Crippen MR) is 113 cm³/mol. The molecule has 0 bridgehead atoms. The second-order valence-corrected chi connectivity index (χ2v) is 8.57. The number of piperidine rings is 1. The van der Waals surface area contributed by atoms with Crippen molar-refractivity contribution in [3.8, 4) is 0 Å². The molecular weight excluding hydrogens is 398 g/mol. The minimum atomic E-state index is -3.78. The molecule has 1 amide bonds. The van der Waals surface area contributed by atoms with Crippen molar-refractivity contribution >= 4 is 34.0 Å². The summed E-state index contributed by atoms with van der Waals surface area (Å²) < 4.78 is 28.0. The zero-order valence-corrected chi connectivity index (χ0v) is 17.4. The van der Waals surface area contributed by atoms with Crippen LogP contribution < -0.4 is 10.5 Å². The van der Waals surface area contributed by atoms with Crippen molar-refractivity contribution in [2.24, 2.45) is 5.73 Å². The molecule has 0 aromatic heterocycles. The third-order valence-corrected chi connectivity index (χ3v) is 6.23. The number of hydrogen-bond donors (Lipinski definition) is 2. The lowest BCUT2D eigenvalue weighted by Crippen LogP contribution is -2.47. The number of carbonyl (C=O) groups is 1. The van der Waals surface area contributed by atoms with Gasteiger partial charge in [0.1, 0.15) is 0 Å². The maximum absolute atomic E-state index is 12.9. The van der Waals surface area contributed by atoms with E-state index in [2.05, 4.69) is 4.72 Å². The number of halogens is 1. The number of nitrogens with two attached hydrogens (primary N) is 1. The molecule has 1 saturated heterocycles. The van der Waals surface area contributed by atoms with Crippen LogP contribution in [-0.4, -0.2) is 38.4 Å². The maximum atomic E-state index is 12.9. The van der Waals surface area contributed by atoms with Gasteiger partial charge >= 0.3 is 0 Å². The quantitative estimate of drug-likeness (QED) is 0.772. The molecule has 0 radical (unpaired) electrons. The van der Waals surface area contributed by atoms with E-state index in [-0.39, 0.29) is 29.3 Å². The molecule has 6 nitrogen and oxygen atoms in total. The lowest BCUT2D eigenvalue weighted by molar-refractivity contribution is 0.0623. The van der Waals surface area contributed by atoms with E-state index in [4.69, 9.17) is 5.73 Å². The first kappa shape index (κ1) is 22.2. The average Bonchev–Trinajstić information content (AvgIpc) is 2.69. The summed E-state index contributed by atoms with van der Waals surface area (Å²) in [5, 5.41) is 0. The fourth-order valence-corrected chi connectivity index (χ4v) is 4.41. The van der Waals surface area contributed by atoms with Crippen molar-refractivity contribution < 1.29 is 13.2 Å². The Morgan fingerprint density at radius 2 is 1.89 bits per heavy atom. The fraction of sp³-hybridized carbons (Fsp3) is 0.350. The zero-order valence-electron chi connectivity index (χ0n) is 15.8. The molecule has 1 atom stereocenters. The maximum Gasteiger partial charge on any atom is 0.261 e. The molecule has 0 saturated carbocycles. The van der Waals surface area contributed by atoms with Crippen LogP contribution in [0.1, 0.15) is 35.2 Å². The number of amides is 1. The van der Waals surface area contributed by atoms with Crippen molar-refractivity contribution in [3.63, 3.8) is 0 Å². The van der Waals surface area contributed by atoms with E-state index in [0.29, 0.717) is 24.3 Å². The van der Waals surface area contributed by atoms with E-state index < -0.39 is 10.0 Å². The van der Waals surface area contributed by atoms with Gasteiger partial charge in [-0.2, -0.15) is 0 Å². The molecule has 0 spiro atoms. The molecule has 0 aliphatic carbocycles. The highest BCUT2D eigenvalue weighted by Gasteiger charge is 2.27. The van der Waals surface area contributed by atoms with Gasteiger partial charge < -0.3 is 10.6 Å². The van der Waals surface area contributed by atoms with Crippen LogP contribution in [0, 0.1) is 6.92 Å². The summed E-state index contributed by atoms with van der Waals surface area (Å²) >= 11 is 0. The van der Waals surface area contributed by atoms with Crippen molar-refractivity contribution in [2.75, 3.05) is 17.8 Å². The number of sulfonamides is 1. The molecule has 1 aliphatic heterocycles. The van der Waals surface area contributed by atoms with Crippen molar-refractivity contribution in [2.45, 2.75) is 37.1 Å². The van der Waals surface area contributed by atoms with E-state index >= 15 is 0 Å². The molecule has 152 valence electrons. The van der Waals surface area contributed by atoms with Crippen LogP contribution in [0.2, 0.25) is 0 Å². The van der Waals surface area contributed by atoms with Crippen LogP contribution in [0.3, 0.4) is 0 Å². The number of nitrogens with zero attached hydrogens (tertiary/aromatic N) is 1. The number of hydrogen-bond acceptors (Lipinski definition) is 4. The number of carbonyl (C=O) groups excluding carboxylic acids is 1. The monoisotopic (exact) mass is 423 g/mol. The summed E-state index contributed by atoms with van der Waals surface area (Å²) in [5.41, 5.74) is 7.69. The molecule has 1 aliphatic rings. The van der Waals surface area contributed by atoms with E-state index in [1.54, 1.807) is 29.2 Å². The van der Waals surface area contributed by atoms with Gasteiger partial charge in [0.15, 0.2) is 0 Å². The smallest absolute Gasteiger partial charge is 0.261 e. The third-order valence-electron chi connectivity index (χ3n) is 4.86. The van der Waals surface area contributed by atoms with Gasteiger partial charge in [0, 0.05) is 30.4 Å². The van der Waals surface area contributed by atoms with Gasteiger partial charge in [-0.05, 0) is 56.5 Å². The van der Waals surface area contributed by atoms with Gasteiger partial charge in [-0.3, -0.25) is 9.52 Å². The summed E-state index contributed by atoms with van der Waals surface area (Å²) in [6, 6.07) is 13.3. The van der Waals surface area contributed by atoms with Crippen LogP contribution in [0.25, 0.3) is 0 Å². The topological polar surface area (TPSA) is 92.5 Å². The number of aryl methyl sites for hydroxylation is 1. The van der Waals surface area contributed by atoms with Gasteiger partial charge in [-0.1, -0.05) is 23.8 Å². The fourth-order valence-electron chi connectivity index (χ4n) is 3.31. The summed E-state index contributed by atoms with van der Waals surface area (Å²) in [6.07, 6.45) is 2.88. The number of benzene rings is 2. The molecule has 3 N–H and O–H groups in total. The Balaban J connectivity index is 0.00000280. The standard InChI is InChI=1S/C20H25N3O3S.ClH/c1-15-8-10-17(11-9-15)22-27(25,26)19-7-4-5-16(13-19)20(24)23-12-3-2-6-18(23)14-21;/h4-5,7-11,13,18,22H,2-3,6,12,14,21H2,1H3;1H. The first-order valence-corrected chi connectivity index (χ1v) is 10.6. The van der Waals surface area contributed by atoms with Crippen LogP contribution in [0.15, 0.2) is 53.4 Å². The number of anilines is 1. The van der Waals surface area contributed by atoms with Gasteiger partial charge in [-0.15, -0.1) is 12.4 Å². The van der Waals surface area contributed by atoms with E-state index in [1.165, 1.54) is 12.1 Å². The van der Waals surface area contributed by atoms with Gasteiger partial charge in [-0.25, -0.2) is 8.42 Å². The third kappa shape index (κ3) is 5.04. The van der Waals surface area contributed by atoms with Gasteiger partial charge in [0.05, 0.1) is 4.90 Å². The Kier molecular flexibility index (Phi) is 7.46. The first-order valence-electron chi connectivity index (χ1n) is 9.11. The van der Waals surface area contributed by atoms with Gasteiger partial charge in [0.25, 0.3) is 15.9 Å². The molecule has 1 fully saturated rings.